The summed E-state index contributed by atoms with van der Waals surface area (Å²) in [7, 11) is 0. The van der Waals surface area contributed by atoms with Crippen LogP contribution in [0.3, 0.4) is 0 Å². The van der Waals surface area contributed by atoms with Gasteiger partial charge in [0, 0.05) is 22.5 Å². The number of hydrogen-bond donors (Lipinski definition) is 0. The average Bonchev–Trinajstić information content (AvgIpc) is 3.14. The zero-order valence-electron chi connectivity index (χ0n) is 15.0. The second-order valence-electron chi connectivity index (χ2n) is 6.26. The summed E-state index contributed by atoms with van der Waals surface area (Å²) in [5.41, 5.74) is -0.800. The Kier molecular flexibility index (Phi) is 5.02. The molecule has 4 nitrogen and oxygen atoms in total. The fourth-order valence-electron chi connectivity index (χ4n) is 2.73. The molecule has 2 heterocycles. The quantitative estimate of drug-likeness (QED) is 0.174. The van der Waals surface area contributed by atoms with E-state index in [4.69, 9.17) is 9.15 Å². The summed E-state index contributed by atoms with van der Waals surface area (Å²) >= 11 is 1.27. The summed E-state index contributed by atoms with van der Waals surface area (Å²) in [5.74, 6) is -8.07. The molecule has 0 saturated heterocycles. The minimum Gasteiger partial charge on any atom is -0.456 e. The molecule has 2 aromatic heterocycles. The van der Waals surface area contributed by atoms with Crippen molar-refractivity contribution in [2.45, 2.75) is 13.3 Å². The van der Waals surface area contributed by atoms with Gasteiger partial charge in [0.1, 0.15) is 16.3 Å². The van der Waals surface area contributed by atoms with Crippen molar-refractivity contribution in [3.63, 3.8) is 0 Å². The Morgan fingerprint density at radius 3 is 2.53 bits per heavy atom. The summed E-state index contributed by atoms with van der Waals surface area (Å²) in [6.07, 6.45) is -2.64. The van der Waals surface area contributed by atoms with Crippen LogP contribution in [0.15, 0.2) is 44.9 Å². The fourth-order valence-corrected chi connectivity index (χ4v) is 3.53. The second kappa shape index (κ2) is 7.52. The van der Waals surface area contributed by atoms with Gasteiger partial charge >= 0.3 is 5.63 Å². The molecule has 0 spiro atoms. The largest absolute Gasteiger partial charge is 0.456 e. The van der Waals surface area contributed by atoms with Crippen molar-refractivity contribution in [2.24, 2.45) is 0 Å². The minimum absolute atomic E-state index is 0.0404. The highest BCUT2D eigenvalue weighted by atomic mass is 32.1. The maximum absolute atomic E-state index is 14.3. The number of ether oxygens (including phenoxy) is 1. The molecule has 0 radical (unpaired) electrons. The van der Waals surface area contributed by atoms with E-state index in [1.165, 1.54) is 23.5 Å². The van der Waals surface area contributed by atoms with Crippen LogP contribution in [0.25, 0.3) is 21.5 Å². The lowest BCUT2D eigenvalue weighted by Gasteiger charge is -2.13. The Labute approximate surface area is 169 Å². The predicted octanol–water partition coefficient (Wildman–Crippen LogP) is 5.83. The number of aryl methyl sites for hydroxylation is 1. The third-order valence-electron chi connectivity index (χ3n) is 4.17. The van der Waals surface area contributed by atoms with Gasteiger partial charge in [0.25, 0.3) is 6.36 Å². The van der Waals surface area contributed by atoms with Gasteiger partial charge in [-0.1, -0.05) is 0 Å². The number of alkyl halides is 1. The van der Waals surface area contributed by atoms with E-state index < -0.39 is 40.8 Å². The van der Waals surface area contributed by atoms with Gasteiger partial charge in [-0.15, -0.1) is 11.3 Å². The van der Waals surface area contributed by atoms with E-state index in [1.54, 1.807) is 18.4 Å². The van der Waals surface area contributed by atoms with Crippen molar-refractivity contribution in [1.29, 1.82) is 0 Å². The van der Waals surface area contributed by atoms with Crippen molar-refractivity contribution < 1.29 is 31.1 Å². The van der Waals surface area contributed by atoms with E-state index in [0.29, 0.717) is 10.4 Å². The van der Waals surface area contributed by atoms with Crippen molar-refractivity contribution >= 4 is 22.3 Å². The minimum atomic E-state index is -2.64. The first-order valence-corrected chi connectivity index (χ1v) is 9.26. The Morgan fingerprint density at radius 2 is 1.83 bits per heavy atom. The molecule has 0 N–H and O–H groups in total. The van der Waals surface area contributed by atoms with Crippen molar-refractivity contribution in [2.75, 3.05) is 0 Å². The predicted molar refractivity (Wildman–Crippen MR) is 99.1 cm³/mol. The highest BCUT2D eigenvalue weighted by Crippen LogP contribution is 2.31. The SMILES string of the molecule is Cc1csc(-c2cc3ccc(OC(F)c4cc(F)c(F)c(F)c4F)cc3oc2=O)n1. The number of hydrogen-bond acceptors (Lipinski definition) is 5. The Hall–Kier alpha value is -3.27. The molecule has 10 heteroatoms. The molecule has 0 bridgehead atoms. The van der Waals surface area contributed by atoms with Gasteiger partial charge in [-0.2, -0.15) is 4.39 Å². The van der Waals surface area contributed by atoms with Gasteiger partial charge in [-0.3, -0.25) is 0 Å². The van der Waals surface area contributed by atoms with Crippen LogP contribution < -0.4 is 10.4 Å². The average molecular weight is 439 g/mol. The molecule has 0 amide bonds. The van der Waals surface area contributed by atoms with Crippen LogP contribution in [-0.4, -0.2) is 4.98 Å². The molecule has 4 aromatic rings. The number of fused-ring (bicyclic) bond motifs is 1. The monoisotopic (exact) mass is 439 g/mol. The number of rotatable bonds is 4. The lowest BCUT2D eigenvalue weighted by atomic mass is 10.1. The van der Waals surface area contributed by atoms with E-state index in [2.05, 4.69) is 4.98 Å². The first-order valence-electron chi connectivity index (χ1n) is 8.38. The maximum Gasteiger partial charge on any atom is 0.346 e. The molecule has 1 unspecified atom stereocenters. The molecule has 1 atom stereocenters. The van der Waals surface area contributed by atoms with E-state index >= 15 is 0 Å². The Morgan fingerprint density at radius 1 is 1.07 bits per heavy atom. The van der Waals surface area contributed by atoms with E-state index in [-0.39, 0.29) is 23.0 Å². The molecule has 0 aliphatic heterocycles. The second-order valence-corrected chi connectivity index (χ2v) is 7.12. The molecular formula is C20H10F5NO3S. The Bertz CT molecular complexity index is 1330. The zero-order chi connectivity index (χ0) is 21.6. The molecule has 2 aromatic carbocycles. The van der Waals surface area contributed by atoms with Crippen molar-refractivity contribution in [3.8, 4) is 16.3 Å². The smallest absolute Gasteiger partial charge is 0.346 e. The summed E-state index contributed by atoms with van der Waals surface area (Å²) in [4.78, 5) is 16.5. The molecule has 4 rings (SSSR count). The standard InChI is InChI=1S/C20H10F5NO3S/c1-8-7-30-19(26-8)12-4-9-2-3-10(5-14(9)29-20(12)27)28-18(25)11-6-13(21)16(23)17(24)15(11)22/h2-7,18H,1H3. The third kappa shape index (κ3) is 3.54. The Balaban J connectivity index is 1.67. The van der Waals surface area contributed by atoms with Gasteiger partial charge in [0.2, 0.25) is 0 Å². The summed E-state index contributed by atoms with van der Waals surface area (Å²) in [5, 5.41) is 2.73. The van der Waals surface area contributed by atoms with E-state index in [1.807, 2.05) is 0 Å². The molecular weight excluding hydrogens is 429 g/mol. The van der Waals surface area contributed by atoms with Crippen LogP contribution in [0, 0.1) is 30.2 Å². The highest BCUT2D eigenvalue weighted by Gasteiger charge is 2.25. The molecule has 0 aliphatic carbocycles. The van der Waals surface area contributed by atoms with Gasteiger partial charge in [-0.25, -0.2) is 27.3 Å². The molecule has 0 fully saturated rings. The van der Waals surface area contributed by atoms with Crippen LogP contribution in [0.2, 0.25) is 0 Å². The van der Waals surface area contributed by atoms with Gasteiger partial charge in [0.05, 0.1) is 11.1 Å². The molecule has 0 aliphatic rings. The third-order valence-corrected chi connectivity index (χ3v) is 5.17. The first-order chi connectivity index (χ1) is 14.2. The number of halogens is 5. The van der Waals surface area contributed by atoms with Crippen LogP contribution >= 0.6 is 11.3 Å². The lowest BCUT2D eigenvalue weighted by molar-refractivity contribution is 0.0623. The summed E-state index contributed by atoms with van der Waals surface area (Å²) < 4.78 is 77.8. The molecule has 30 heavy (non-hydrogen) atoms. The lowest BCUT2D eigenvalue weighted by Crippen LogP contribution is -2.09. The zero-order valence-corrected chi connectivity index (χ0v) is 15.8. The number of thiazole rings is 1. The van der Waals surface area contributed by atoms with Crippen molar-refractivity contribution in [3.05, 3.63) is 80.7 Å². The molecule has 0 saturated carbocycles. The fraction of sp³-hybridized carbons (Fsp3) is 0.100. The number of benzene rings is 2. The van der Waals surface area contributed by atoms with Crippen molar-refractivity contribution in [1.82, 2.24) is 4.98 Å². The van der Waals surface area contributed by atoms with Crippen LogP contribution in [-0.2, 0) is 0 Å². The number of nitrogens with zero attached hydrogens (tertiary/aromatic N) is 1. The van der Waals surface area contributed by atoms with E-state index in [0.717, 1.165) is 11.8 Å². The van der Waals surface area contributed by atoms with Gasteiger partial charge < -0.3 is 9.15 Å². The number of aromatic nitrogens is 1. The van der Waals surface area contributed by atoms with E-state index in [9.17, 15) is 26.7 Å². The highest BCUT2D eigenvalue weighted by molar-refractivity contribution is 7.13. The van der Waals surface area contributed by atoms with Gasteiger partial charge in [-0.05, 0) is 31.2 Å². The first kappa shape index (κ1) is 20.0. The molecule has 154 valence electrons. The summed E-state index contributed by atoms with van der Waals surface area (Å²) in [6, 6.07) is 5.61. The summed E-state index contributed by atoms with van der Waals surface area (Å²) in [6.45, 7) is 1.78. The van der Waals surface area contributed by atoms with Crippen LogP contribution in [0.1, 0.15) is 17.6 Å². The topological polar surface area (TPSA) is 52.3 Å². The maximum atomic E-state index is 14.3. The normalized spacial score (nSPS) is 12.3. The van der Waals surface area contributed by atoms with Gasteiger partial charge in [0.15, 0.2) is 23.3 Å². The van der Waals surface area contributed by atoms with Crippen LogP contribution in [0.4, 0.5) is 22.0 Å². The van der Waals surface area contributed by atoms with Crippen LogP contribution in [0.5, 0.6) is 5.75 Å².